The smallest absolute Gasteiger partial charge is 0.131 e. The topological polar surface area (TPSA) is 51.2 Å². The molecule has 90 valence electrons. The molecule has 0 aliphatic carbocycles. The van der Waals surface area contributed by atoms with Crippen LogP contribution in [0, 0.1) is 18.6 Å². The zero-order valence-corrected chi connectivity index (χ0v) is 9.21. The van der Waals surface area contributed by atoms with E-state index in [0.29, 0.717) is 11.5 Å². The number of halogens is 2. The van der Waals surface area contributed by atoms with Crippen LogP contribution in [0.3, 0.4) is 0 Å². The first-order valence-corrected chi connectivity index (χ1v) is 5.10. The van der Waals surface area contributed by atoms with Crippen molar-refractivity contribution in [1.82, 2.24) is 5.43 Å². The van der Waals surface area contributed by atoms with E-state index < -0.39 is 17.7 Å². The largest absolute Gasteiger partial charge is 0.464 e. The first-order valence-electron chi connectivity index (χ1n) is 5.10. The Hall–Kier alpha value is -1.72. The standard InChI is InChI=1S/C12H12F2N2O/c1-7-5-6-10(17-7)12(16-15)11-8(13)3-2-4-9(11)14/h2-6,12,16H,15H2,1H3. The molecule has 2 rings (SSSR count). The zero-order chi connectivity index (χ0) is 12.4. The van der Waals surface area contributed by atoms with Crippen LogP contribution in [0.4, 0.5) is 8.78 Å². The molecule has 0 saturated carbocycles. The summed E-state index contributed by atoms with van der Waals surface area (Å²) in [6.45, 7) is 1.74. The van der Waals surface area contributed by atoms with Gasteiger partial charge in [0.05, 0.1) is 0 Å². The number of nitrogens with two attached hydrogens (primary N) is 1. The van der Waals surface area contributed by atoms with E-state index in [1.807, 2.05) is 0 Å². The molecule has 0 bridgehead atoms. The molecule has 2 aromatic rings. The van der Waals surface area contributed by atoms with Gasteiger partial charge in [0.25, 0.3) is 0 Å². The molecule has 0 radical (unpaired) electrons. The van der Waals surface area contributed by atoms with Gasteiger partial charge < -0.3 is 4.42 Å². The first-order chi connectivity index (χ1) is 8.13. The molecule has 0 amide bonds. The fourth-order valence-corrected chi connectivity index (χ4v) is 1.70. The normalized spacial score (nSPS) is 12.7. The molecular formula is C12H12F2N2O. The minimum atomic E-state index is -0.843. The molecule has 0 spiro atoms. The summed E-state index contributed by atoms with van der Waals surface area (Å²) in [5.74, 6) is 5.03. The summed E-state index contributed by atoms with van der Waals surface area (Å²) in [6.07, 6.45) is 0. The van der Waals surface area contributed by atoms with E-state index in [2.05, 4.69) is 5.43 Å². The van der Waals surface area contributed by atoms with Crippen molar-refractivity contribution in [3.05, 3.63) is 59.1 Å². The highest BCUT2D eigenvalue weighted by molar-refractivity contribution is 5.29. The lowest BCUT2D eigenvalue weighted by Gasteiger charge is -2.15. The van der Waals surface area contributed by atoms with Crippen molar-refractivity contribution < 1.29 is 13.2 Å². The molecule has 1 atom stereocenters. The van der Waals surface area contributed by atoms with Crippen molar-refractivity contribution in [1.29, 1.82) is 0 Å². The molecule has 17 heavy (non-hydrogen) atoms. The number of hydrogen-bond acceptors (Lipinski definition) is 3. The van der Waals surface area contributed by atoms with Crippen LogP contribution in [0.2, 0.25) is 0 Å². The molecule has 5 heteroatoms. The minimum Gasteiger partial charge on any atom is -0.464 e. The van der Waals surface area contributed by atoms with Gasteiger partial charge >= 0.3 is 0 Å². The van der Waals surface area contributed by atoms with Crippen LogP contribution in [0.25, 0.3) is 0 Å². The Morgan fingerprint density at radius 2 is 1.82 bits per heavy atom. The molecule has 1 aromatic heterocycles. The van der Waals surface area contributed by atoms with Crippen molar-refractivity contribution in [3.63, 3.8) is 0 Å². The van der Waals surface area contributed by atoms with Gasteiger partial charge in [-0.05, 0) is 31.2 Å². The van der Waals surface area contributed by atoms with Gasteiger partial charge in [-0.2, -0.15) is 0 Å². The van der Waals surface area contributed by atoms with Crippen molar-refractivity contribution >= 4 is 0 Å². The number of nitrogens with one attached hydrogen (secondary N) is 1. The molecular weight excluding hydrogens is 226 g/mol. The second-order valence-corrected chi connectivity index (χ2v) is 3.68. The van der Waals surface area contributed by atoms with Crippen LogP contribution in [-0.4, -0.2) is 0 Å². The molecule has 1 aromatic carbocycles. The van der Waals surface area contributed by atoms with Crippen LogP contribution in [-0.2, 0) is 0 Å². The fraction of sp³-hybridized carbons (Fsp3) is 0.167. The van der Waals surface area contributed by atoms with E-state index in [-0.39, 0.29) is 5.56 Å². The van der Waals surface area contributed by atoms with Crippen molar-refractivity contribution in [2.24, 2.45) is 5.84 Å². The van der Waals surface area contributed by atoms with E-state index in [0.717, 1.165) is 0 Å². The third-order valence-electron chi connectivity index (χ3n) is 2.50. The van der Waals surface area contributed by atoms with Gasteiger partial charge in [0.1, 0.15) is 29.2 Å². The van der Waals surface area contributed by atoms with Crippen LogP contribution in [0.1, 0.15) is 23.1 Å². The average molecular weight is 238 g/mol. The van der Waals surface area contributed by atoms with E-state index in [4.69, 9.17) is 10.3 Å². The highest BCUT2D eigenvalue weighted by Gasteiger charge is 2.23. The van der Waals surface area contributed by atoms with Gasteiger partial charge in [-0.25, -0.2) is 14.2 Å². The van der Waals surface area contributed by atoms with Crippen LogP contribution in [0.15, 0.2) is 34.7 Å². The predicted octanol–water partition coefficient (Wildman–Crippen LogP) is 2.42. The van der Waals surface area contributed by atoms with Gasteiger partial charge in [0.15, 0.2) is 0 Å². The number of rotatable bonds is 3. The lowest BCUT2D eigenvalue weighted by atomic mass is 10.0. The summed E-state index contributed by atoms with van der Waals surface area (Å²) in [5, 5.41) is 0. The molecule has 3 nitrogen and oxygen atoms in total. The molecule has 3 N–H and O–H groups in total. The minimum absolute atomic E-state index is 0.149. The molecule has 0 fully saturated rings. The number of benzene rings is 1. The van der Waals surface area contributed by atoms with Gasteiger partial charge in [0.2, 0.25) is 0 Å². The van der Waals surface area contributed by atoms with Gasteiger partial charge in [-0.1, -0.05) is 6.07 Å². The molecule has 1 unspecified atom stereocenters. The van der Waals surface area contributed by atoms with E-state index in [1.54, 1.807) is 19.1 Å². The summed E-state index contributed by atoms with van der Waals surface area (Å²) < 4.78 is 32.5. The maximum Gasteiger partial charge on any atom is 0.131 e. The third-order valence-corrected chi connectivity index (χ3v) is 2.50. The predicted molar refractivity (Wildman–Crippen MR) is 59.0 cm³/mol. The van der Waals surface area contributed by atoms with E-state index in [1.165, 1.54) is 18.2 Å². The second-order valence-electron chi connectivity index (χ2n) is 3.68. The third kappa shape index (κ3) is 2.20. The van der Waals surface area contributed by atoms with Crippen molar-refractivity contribution in [2.45, 2.75) is 13.0 Å². The maximum atomic E-state index is 13.6. The summed E-state index contributed by atoms with van der Waals surface area (Å²) in [5.41, 5.74) is 2.21. The SMILES string of the molecule is Cc1ccc(C(NN)c2c(F)cccc2F)o1. The Kier molecular flexibility index (Phi) is 3.21. The Bertz CT molecular complexity index is 505. The zero-order valence-electron chi connectivity index (χ0n) is 9.21. The first kappa shape index (κ1) is 11.8. The quantitative estimate of drug-likeness (QED) is 0.637. The lowest BCUT2D eigenvalue weighted by Crippen LogP contribution is -2.30. The van der Waals surface area contributed by atoms with Crippen molar-refractivity contribution in [3.8, 4) is 0 Å². The van der Waals surface area contributed by atoms with Crippen molar-refractivity contribution in [2.75, 3.05) is 0 Å². The Labute approximate surface area is 97.2 Å². The highest BCUT2D eigenvalue weighted by atomic mass is 19.1. The average Bonchev–Trinajstić information content (AvgIpc) is 2.70. The van der Waals surface area contributed by atoms with E-state index >= 15 is 0 Å². The van der Waals surface area contributed by atoms with Crippen LogP contribution < -0.4 is 11.3 Å². The van der Waals surface area contributed by atoms with E-state index in [9.17, 15) is 8.78 Å². The highest BCUT2D eigenvalue weighted by Crippen LogP contribution is 2.27. The molecule has 0 saturated heterocycles. The second kappa shape index (κ2) is 4.65. The number of hydrazine groups is 1. The monoisotopic (exact) mass is 238 g/mol. The lowest BCUT2D eigenvalue weighted by molar-refractivity contribution is 0.415. The molecule has 0 aliphatic rings. The summed E-state index contributed by atoms with van der Waals surface area (Å²) in [6, 6.07) is 6.15. The number of furan rings is 1. The van der Waals surface area contributed by atoms with Crippen LogP contribution >= 0.6 is 0 Å². The fourth-order valence-electron chi connectivity index (χ4n) is 1.70. The maximum absolute atomic E-state index is 13.6. The Morgan fingerprint density at radius 1 is 1.18 bits per heavy atom. The number of aryl methyl sites for hydroxylation is 1. The Balaban J connectivity index is 2.49. The summed E-state index contributed by atoms with van der Waals surface area (Å²) in [4.78, 5) is 0. The molecule has 0 aliphatic heterocycles. The van der Waals surface area contributed by atoms with Crippen LogP contribution in [0.5, 0.6) is 0 Å². The van der Waals surface area contributed by atoms with Gasteiger partial charge in [-0.3, -0.25) is 5.84 Å². The summed E-state index contributed by atoms with van der Waals surface area (Å²) in [7, 11) is 0. The van der Waals surface area contributed by atoms with Gasteiger partial charge in [0, 0.05) is 5.56 Å². The Morgan fingerprint density at radius 3 is 2.29 bits per heavy atom. The summed E-state index contributed by atoms with van der Waals surface area (Å²) >= 11 is 0. The van der Waals surface area contributed by atoms with Gasteiger partial charge in [-0.15, -0.1) is 0 Å². The molecule has 1 heterocycles. The number of hydrogen-bond donors (Lipinski definition) is 2.